The second-order valence-electron chi connectivity index (χ2n) is 4.33. The Morgan fingerprint density at radius 2 is 2.05 bits per heavy atom. The van der Waals surface area contributed by atoms with Gasteiger partial charge in [-0.25, -0.2) is 0 Å². The Balaban J connectivity index is 1.97. The molecule has 0 atom stereocenters. The average Bonchev–Trinajstić information content (AvgIpc) is 2.48. The molecule has 0 bridgehead atoms. The first-order valence-corrected chi connectivity index (χ1v) is 8.28. The monoisotopic (exact) mass is 353 g/mol. The van der Waals surface area contributed by atoms with Gasteiger partial charge in [0.15, 0.2) is 0 Å². The van der Waals surface area contributed by atoms with E-state index in [1.807, 2.05) is 12.1 Å². The number of aliphatic hydroxyl groups excluding tert-OH is 1. The molecule has 2 rings (SSSR count). The third-order valence-electron chi connectivity index (χ3n) is 2.87. The fourth-order valence-corrected chi connectivity index (χ4v) is 3.56. The summed E-state index contributed by atoms with van der Waals surface area (Å²) >= 11 is 5.21. The van der Waals surface area contributed by atoms with Gasteiger partial charge in [0, 0.05) is 16.8 Å². The minimum absolute atomic E-state index is 0.0212. The van der Waals surface area contributed by atoms with Crippen molar-refractivity contribution in [2.45, 2.75) is 5.75 Å². The molecule has 0 aliphatic carbocycles. The smallest absolute Gasteiger partial charge is 0.230 e. The first-order chi connectivity index (χ1) is 9.72. The van der Waals surface area contributed by atoms with Crippen LogP contribution in [0.3, 0.4) is 0 Å². The summed E-state index contributed by atoms with van der Waals surface area (Å²) in [6.07, 6.45) is 0. The van der Waals surface area contributed by atoms with Crippen molar-refractivity contribution in [1.29, 1.82) is 0 Å². The Morgan fingerprint density at radius 3 is 2.85 bits per heavy atom. The SMILES string of the molecule is O=C(CSCc1ccc2ccccc2c1Br)NCCO. The summed E-state index contributed by atoms with van der Waals surface area (Å²) < 4.78 is 1.10. The van der Waals surface area contributed by atoms with Crippen molar-refractivity contribution in [3.63, 3.8) is 0 Å². The lowest BCUT2D eigenvalue weighted by Crippen LogP contribution is -2.27. The van der Waals surface area contributed by atoms with Gasteiger partial charge in [-0.05, 0) is 32.3 Å². The van der Waals surface area contributed by atoms with Crippen LogP contribution in [-0.2, 0) is 10.5 Å². The first kappa shape index (κ1) is 15.4. The van der Waals surface area contributed by atoms with E-state index in [0.717, 1.165) is 10.2 Å². The molecule has 0 aliphatic heterocycles. The number of benzene rings is 2. The normalized spacial score (nSPS) is 10.7. The molecular formula is C15H16BrNO2S. The van der Waals surface area contributed by atoms with Crippen LogP contribution in [0, 0.1) is 0 Å². The summed E-state index contributed by atoms with van der Waals surface area (Å²) in [5.41, 5.74) is 1.18. The van der Waals surface area contributed by atoms with Crippen molar-refractivity contribution in [3.8, 4) is 0 Å². The van der Waals surface area contributed by atoms with Crippen molar-refractivity contribution in [1.82, 2.24) is 5.32 Å². The number of rotatable bonds is 6. The van der Waals surface area contributed by atoms with Crippen LogP contribution in [-0.4, -0.2) is 29.9 Å². The minimum Gasteiger partial charge on any atom is -0.395 e. The number of carbonyl (C=O) groups excluding carboxylic acids is 1. The van der Waals surface area contributed by atoms with E-state index in [2.05, 4.69) is 45.5 Å². The highest BCUT2D eigenvalue weighted by atomic mass is 79.9. The van der Waals surface area contributed by atoms with E-state index in [1.54, 1.807) is 11.8 Å². The van der Waals surface area contributed by atoms with Gasteiger partial charge in [-0.15, -0.1) is 11.8 Å². The maximum Gasteiger partial charge on any atom is 0.230 e. The van der Waals surface area contributed by atoms with Gasteiger partial charge in [0.25, 0.3) is 0 Å². The molecule has 20 heavy (non-hydrogen) atoms. The lowest BCUT2D eigenvalue weighted by Gasteiger charge is -2.08. The summed E-state index contributed by atoms with van der Waals surface area (Å²) in [4.78, 5) is 11.4. The lowest BCUT2D eigenvalue weighted by atomic mass is 10.1. The number of carbonyl (C=O) groups is 1. The van der Waals surface area contributed by atoms with E-state index in [0.29, 0.717) is 12.3 Å². The van der Waals surface area contributed by atoms with E-state index in [1.165, 1.54) is 16.3 Å². The molecule has 0 saturated carbocycles. The molecule has 0 unspecified atom stereocenters. The van der Waals surface area contributed by atoms with Gasteiger partial charge in [-0.2, -0.15) is 0 Å². The summed E-state index contributed by atoms with van der Waals surface area (Å²) in [5.74, 6) is 1.14. The van der Waals surface area contributed by atoms with Crippen LogP contribution in [0.5, 0.6) is 0 Å². The van der Waals surface area contributed by atoms with E-state index in [-0.39, 0.29) is 12.5 Å². The highest BCUT2D eigenvalue weighted by Crippen LogP contribution is 2.29. The van der Waals surface area contributed by atoms with Crippen molar-refractivity contribution < 1.29 is 9.90 Å². The van der Waals surface area contributed by atoms with Crippen LogP contribution >= 0.6 is 27.7 Å². The van der Waals surface area contributed by atoms with Crippen molar-refractivity contribution >= 4 is 44.4 Å². The van der Waals surface area contributed by atoms with Gasteiger partial charge < -0.3 is 10.4 Å². The fourth-order valence-electron chi connectivity index (χ4n) is 1.89. The van der Waals surface area contributed by atoms with Crippen LogP contribution in [0.1, 0.15) is 5.56 Å². The topological polar surface area (TPSA) is 49.3 Å². The number of nitrogens with one attached hydrogen (secondary N) is 1. The molecule has 0 fully saturated rings. The van der Waals surface area contributed by atoms with E-state index in [9.17, 15) is 4.79 Å². The largest absolute Gasteiger partial charge is 0.395 e. The number of fused-ring (bicyclic) bond motifs is 1. The molecule has 0 heterocycles. The Kier molecular flexibility index (Phi) is 5.88. The predicted octanol–water partition coefficient (Wildman–Crippen LogP) is 2.94. The van der Waals surface area contributed by atoms with Crippen LogP contribution in [0.15, 0.2) is 40.9 Å². The van der Waals surface area contributed by atoms with Gasteiger partial charge in [0.2, 0.25) is 5.91 Å². The maximum atomic E-state index is 11.4. The maximum absolute atomic E-state index is 11.4. The number of hydrogen-bond acceptors (Lipinski definition) is 3. The Hall–Kier alpha value is -1.04. The molecule has 0 saturated heterocycles. The van der Waals surface area contributed by atoms with Crippen molar-refractivity contribution in [2.24, 2.45) is 0 Å². The van der Waals surface area contributed by atoms with E-state index >= 15 is 0 Å². The zero-order valence-corrected chi connectivity index (χ0v) is 13.3. The van der Waals surface area contributed by atoms with Crippen molar-refractivity contribution in [3.05, 3.63) is 46.4 Å². The molecular weight excluding hydrogens is 338 g/mol. The van der Waals surface area contributed by atoms with Crippen LogP contribution < -0.4 is 5.32 Å². The van der Waals surface area contributed by atoms with Gasteiger partial charge in [0.1, 0.15) is 0 Å². The van der Waals surface area contributed by atoms with E-state index < -0.39 is 0 Å². The Bertz CT molecular complexity index is 603. The summed E-state index contributed by atoms with van der Waals surface area (Å²) in [7, 11) is 0. The molecule has 0 aliphatic rings. The molecule has 0 spiro atoms. The molecule has 2 aromatic carbocycles. The summed E-state index contributed by atoms with van der Waals surface area (Å²) in [6.45, 7) is 0.297. The number of aliphatic hydroxyl groups is 1. The first-order valence-electron chi connectivity index (χ1n) is 6.34. The lowest BCUT2D eigenvalue weighted by molar-refractivity contribution is -0.118. The summed E-state index contributed by atoms with van der Waals surface area (Å²) in [5, 5.41) is 13.7. The van der Waals surface area contributed by atoms with Gasteiger partial charge in [-0.1, -0.05) is 36.4 Å². The van der Waals surface area contributed by atoms with Crippen molar-refractivity contribution in [2.75, 3.05) is 18.9 Å². The molecule has 0 aromatic heterocycles. The summed E-state index contributed by atoms with van der Waals surface area (Å²) in [6, 6.07) is 12.4. The van der Waals surface area contributed by atoms with Crippen LogP contribution in [0.25, 0.3) is 10.8 Å². The van der Waals surface area contributed by atoms with Gasteiger partial charge in [-0.3, -0.25) is 4.79 Å². The standard InChI is InChI=1S/C15H16BrNO2S/c16-15-12(9-20-10-14(19)17-7-8-18)6-5-11-3-1-2-4-13(11)15/h1-6,18H,7-10H2,(H,17,19). The number of hydrogen-bond donors (Lipinski definition) is 2. The van der Waals surface area contributed by atoms with Gasteiger partial charge >= 0.3 is 0 Å². The van der Waals surface area contributed by atoms with E-state index in [4.69, 9.17) is 5.11 Å². The zero-order chi connectivity index (χ0) is 14.4. The Morgan fingerprint density at radius 1 is 1.25 bits per heavy atom. The molecule has 1 amide bonds. The number of halogens is 1. The third kappa shape index (κ3) is 3.98. The predicted molar refractivity (Wildman–Crippen MR) is 87.9 cm³/mol. The van der Waals surface area contributed by atoms with Crippen LogP contribution in [0.2, 0.25) is 0 Å². The fraction of sp³-hybridized carbons (Fsp3) is 0.267. The molecule has 2 aromatic rings. The molecule has 106 valence electrons. The Labute approximate surface area is 130 Å². The average molecular weight is 354 g/mol. The molecule has 2 N–H and O–H groups in total. The minimum atomic E-state index is -0.0408. The van der Waals surface area contributed by atoms with Gasteiger partial charge in [0.05, 0.1) is 12.4 Å². The quantitative estimate of drug-likeness (QED) is 0.839. The second kappa shape index (κ2) is 7.67. The second-order valence-corrected chi connectivity index (χ2v) is 6.10. The number of amides is 1. The molecule has 0 radical (unpaired) electrons. The molecule has 3 nitrogen and oxygen atoms in total. The highest BCUT2D eigenvalue weighted by Gasteiger charge is 2.06. The molecule has 5 heteroatoms. The van der Waals surface area contributed by atoms with Crippen LogP contribution in [0.4, 0.5) is 0 Å². The highest BCUT2D eigenvalue weighted by molar-refractivity contribution is 9.10. The zero-order valence-electron chi connectivity index (χ0n) is 10.9. The third-order valence-corrected chi connectivity index (χ3v) is 4.79. The number of thioether (sulfide) groups is 1.